The van der Waals surface area contributed by atoms with Crippen LogP contribution in [0.25, 0.3) is 0 Å². The van der Waals surface area contributed by atoms with Crippen molar-refractivity contribution in [3.63, 3.8) is 0 Å². The van der Waals surface area contributed by atoms with Gasteiger partial charge in [0.1, 0.15) is 0 Å². The lowest BCUT2D eigenvalue weighted by Gasteiger charge is -2.27. The summed E-state index contributed by atoms with van der Waals surface area (Å²) in [6.07, 6.45) is 0.492. The second kappa shape index (κ2) is 7.03. The molecule has 0 aliphatic carbocycles. The van der Waals surface area contributed by atoms with Gasteiger partial charge in [0.15, 0.2) is 15.7 Å². The van der Waals surface area contributed by atoms with Gasteiger partial charge in [0.25, 0.3) is 0 Å². The van der Waals surface area contributed by atoms with Crippen LogP contribution < -0.4 is 5.32 Å². The number of rotatable bonds is 5. The number of aromatic nitrogens is 2. The second-order valence-electron chi connectivity index (χ2n) is 7.82. The lowest BCUT2D eigenvalue weighted by atomic mass is 9.96. The van der Waals surface area contributed by atoms with Crippen LogP contribution in [0.3, 0.4) is 0 Å². The number of carbonyl (C=O) groups is 1. The highest BCUT2D eigenvalue weighted by molar-refractivity contribution is 7.91. The zero-order chi connectivity index (χ0) is 19.0. The standard InChI is InChI=1S/C16H28N4O4S/c1-10(13-18-15(19-24-13)16(3,4)5)17-11(2)14(21)20(6)12-7-8-25(22,23)9-12/h10-12,17H,7-9H2,1-6H3/t10-,11-,12+/m0/s1. The molecule has 1 aliphatic rings. The van der Waals surface area contributed by atoms with E-state index in [4.69, 9.17) is 4.52 Å². The van der Waals surface area contributed by atoms with Crippen LogP contribution in [0.4, 0.5) is 0 Å². The van der Waals surface area contributed by atoms with Gasteiger partial charge < -0.3 is 9.42 Å². The van der Waals surface area contributed by atoms with Gasteiger partial charge in [-0.15, -0.1) is 0 Å². The van der Waals surface area contributed by atoms with Crippen molar-refractivity contribution in [1.82, 2.24) is 20.4 Å². The number of hydrogen-bond donors (Lipinski definition) is 1. The van der Waals surface area contributed by atoms with Gasteiger partial charge in [0.2, 0.25) is 11.8 Å². The molecule has 2 heterocycles. The van der Waals surface area contributed by atoms with Crippen LogP contribution in [0.1, 0.15) is 58.8 Å². The molecule has 1 aromatic rings. The molecule has 142 valence electrons. The van der Waals surface area contributed by atoms with Gasteiger partial charge in [-0.25, -0.2) is 8.42 Å². The molecule has 0 bridgehead atoms. The SMILES string of the molecule is C[C@H](N[C@@H](C)c1nc(C(C)(C)C)no1)C(=O)N(C)[C@@H]1CCS(=O)(=O)C1. The minimum Gasteiger partial charge on any atom is -0.340 e. The summed E-state index contributed by atoms with van der Waals surface area (Å²) in [7, 11) is -1.37. The van der Waals surface area contributed by atoms with Gasteiger partial charge in [-0.05, 0) is 20.3 Å². The first kappa shape index (κ1) is 19.8. The Morgan fingerprint density at radius 2 is 2.00 bits per heavy atom. The van der Waals surface area contributed by atoms with Gasteiger partial charge in [-0.1, -0.05) is 25.9 Å². The Morgan fingerprint density at radius 1 is 1.36 bits per heavy atom. The zero-order valence-electron chi connectivity index (χ0n) is 15.7. The molecule has 1 fully saturated rings. The third kappa shape index (κ3) is 4.78. The lowest BCUT2D eigenvalue weighted by Crippen LogP contribution is -2.48. The zero-order valence-corrected chi connectivity index (χ0v) is 16.6. The summed E-state index contributed by atoms with van der Waals surface area (Å²) >= 11 is 0. The van der Waals surface area contributed by atoms with E-state index in [0.717, 1.165) is 0 Å². The highest BCUT2D eigenvalue weighted by Gasteiger charge is 2.34. The molecular weight excluding hydrogens is 344 g/mol. The third-order valence-electron chi connectivity index (χ3n) is 4.46. The molecule has 1 aliphatic heterocycles. The Bertz CT molecular complexity index is 723. The normalized spacial score (nSPS) is 22.6. The number of carbonyl (C=O) groups excluding carboxylic acids is 1. The topological polar surface area (TPSA) is 105 Å². The van der Waals surface area contributed by atoms with E-state index < -0.39 is 15.9 Å². The maximum absolute atomic E-state index is 12.6. The van der Waals surface area contributed by atoms with E-state index >= 15 is 0 Å². The molecule has 3 atom stereocenters. The molecule has 0 radical (unpaired) electrons. The van der Waals surface area contributed by atoms with Crippen molar-refractivity contribution in [3.8, 4) is 0 Å². The monoisotopic (exact) mass is 372 g/mol. The van der Waals surface area contributed by atoms with Crippen molar-refractivity contribution in [2.45, 2.75) is 64.6 Å². The number of amides is 1. The molecule has 0 spiro atoms. The Morgan fingerprint density at radius 3 is 2.48 bits per heavy atom. The van der Waals surface area contributed by atoms with Crippen LogP contribution in [0, 0.1) is 0 Å². The maximum atomic E-state index is 12.6. The average molecular weight is 372 g/mol. The fourth-order valence-electron chi connectivity index (χ4n) is 2.80. The molecule has 0 saturated carbocycles. The van der Waals surface area contributed by atoms with E-state index in [1.807, 2.05) is 27.7 Å². The van der Waals surface area contributed by atoms with Gasteiger partial charge >= 0.3 is 0 Å². The number of nitrogens with one attached hydrogen (secondary N) is 1. The smallest absolute Gasteiger partial charge is 0.243 e. The van der Waals surface area contributed by atoms with Crippen LogP contribution in [0.5, 0.6) is 0 Å². The van der Waals surface area contributed by atoms with E-state index in [2.05, 4.69) is 15.5 Å². The first-order valence-electron chi connectivity index (χ1n) is 8.48. The van der Waals surface area contributed by atoms with Gasteiger partial charge in [-0.3, -0.25) is 10.1 Å². The van der Waals surface area contributed by atoms with E-state index in [1.165, 1.54) is 4.90 Å². The van der Waals surface area contributed by atoms with Crippen LogP contribution in [-0.4, -0.2) is 60.0 Å². The summed E-state index contributed by atoms with van der Waals surface area (Å²) in [5, 5.41) is 7.14. The summed E-state index contributed by atoms with van der Waals surface area (Å²) in [5.41, 5.74) is -0.211. The van der Waals surface area contributed by atoms with Crippen molar-refractivity contribution < 1.29 is 17.7 Å². The van der Waals surface area contributed by atoms with Gasteiger partial charge in [-0.2, -0.15) is 4.98 Å². The Labute approximate surface area is 149 Å². The Kier molecular flexibility index (Phi) is 5.58. The minimum atomic E-state index is -3.02. The van der Waals surface area contributed by atoms with E-state index in [9.17, 15) is 13.2 Å². The van der Waals surface area contributed by atoms with Crippen molar-refractivity contribution in [2.75, 3.05) is 18.6 Å². The fraction of sp³-hybridized carbons (Fsp3) is 0.812. The molecule has 1 aromatic heterocycles. The van der Waals surface area contributed by atoms with E-state index in [0.29, 0.717) is 18.1 Å². The number of likely N-dealkylation sites (N-methyl/N-ethyl adjacent to an activating group) is 1. The molecule has 0 unspecified atom stereocenters. The highest BCUT2D eigenvalue weighted by atomic mass is 32.2. The largest absolute Gasteiger partial charge is 0.340 e. The van der Waals surface area contributed by atoms with Crippen molar-refractivity contribution in [1.29, 1.82) is 0 Å². The summed E-state index contributed by atoms with van der Waals surface area (Å²) in [6, 6.07) is -1.04. The first-order valence-corrected chi connectivity index (χ1v) is 10.3. The summed E-state index contributed by atoms with van der Waals surface area (Å²) in [6.45, 7) is 9.59. The highest BCUT2D eigenvalue weighted by Crippen LogP contribution is 2.21. The van der Waals surface area contributed by atoms with Crippen LogP contribution >= 0.6 is 0 Å². The molecule has 0 aromatic carbocycles. The third-order valence-corrected chi connectivity index (χ3v) is 6.21. The van der Waals surface area contributed by atoms with Crippen molar-refractivity contribution >= 4 is 15.7 Å². The molecule has 8 nitrogen and oxygen atoms in total. The average Bonchev–Trinajstić information content (AvgIpc) is 3.11. The molecular formula is C16H28N4O4S. The summed E-state index contributed by atoms with van der Waals surface area (Å²) in [5.74, 6) is 1.07. The Balaban J connectivity index is 1.97. The van der Waals surface area contributed by atoms with Gasteiger partial charge in [0, 0.05) is 18.5 Å². The van der Waals surface area contributed by atoms with Crippen LogP contribution in [-0.2, 0) is 20.0 Å². The van der Waals surface area contributed by atoms with Crippen molar-refractivity contribution in [3.05, 3.63) is 11.7 Å². The van der Waals surface area contributed by atoms with Crippen LogP contribution in [0.2, 0.25) is 0 Å². The van der Waals surface area contributed by atoms with Crippen molar-refractivity contribution in [2.24, 2.45) is 0 Å². The van der Waals surface area contributed by atoms with Gasteiger partial charge in [0.05, 0.1) is 23.6 Å². The molecule has 25 heavy (non-hydrogen) atoms. The fourth-order valence-corrected chi connectivity index (χ4v) is 4.57. The van der Waals surface area contributed by atoms with E-state index in [-0.39, 0.29) is 34.9 Å². The molecule has 1 amide bonds. The minimum absolute atomic E-state index is 0.0378. The maximum Gasteiger partial charge on any atom is 0.243 e. The Hall–Kier alpha value is -1.48. The molecule has 1 saturated heterocycles. The van der Waals surface area contributed by atoms with Crippen LogP contribution in [0.15, 0.2) is 4.52 Å². The quantitative estimate of drug-likeness (QED) is 0.823. The summed E-state index contributed by atoms with van der Waals surface area (Å²) < 4.78 is 28.5. The number of nitrogens with zero attached hydrogens (tertiary/aromatic N) is 3. The summed E-state index contributed by atoms with van der Waals surface area (Å²) in [4.78, 5) is 18.5. The van der Waals surface area contributed by atoms with E-state index in [1.54, 1.807) is 14.0 Å². The first-order chi connectivity index (χ1) is 11.4. The molecule has 1 N–H and O–H groups in total. The molecule has 2 rings (SSSR count). The predicted molar refractivity (Wildman–Crippen MR) is 93.8 cm³/mol. The number of sulfone groups is 1. The second-order valence-corrected chi connectivity index (χ2v) is 10.1. The number of hydrogen-bond acceptors (Lipinski definition) is 7. The lowest BCUT2D eigenvalue weighted by molar-refractivity contribution is -0.133. The predicted octanol–water partition coefficient (Wildman–Crippen LogP) is 1.05. The molecule has 9 heteroatoms.